The molecule has 1 aromatic heterocycles. The van der Waals surface area contributed by atoms with Crippen molar-refractivity contribution in [3.63, 3.8) is 0 Å². The smallest absolute Gasteiger partial charge is 0.223 e. The highest BCUT2D eigenvalue weighted by molar-refractivity contribution is 7.91. The topological polar surface area (TPSA) is 72.0 Å². The van der Waals surface area contributed by atoms with Gasteiger partial charge in [0.05, 0.1) is 23.8 Å². The number of H-pyrrole nitrogens is 1. The van der Waals surface area contributed by atoms with Crippen LogP contribution in [0.3, 0.4) is 0 Å². The zero-order valence-electron chi connectivity index (χ0n) is 16.2. The number of imidazole rings is 1. The lowest BCUT2D eigenvalue weighted by Crippen LogP contribution is -2.11. The highest BCUT2D eigenvalue weighted by Gasteiger charge is 2.23. The molecule has 1 N–H and O–H groups in total. The second-order valence-electron chi connectivity index (χ2n) is 7.58. The third-order valence-electron chi connectivity index (χ3n) is 4.48. The van der Waals surface area contributed by atoms with E-state index in [1.54, 1.807) is 19.2 Å². The van der Waals surface area contributed by atoms with Crippen LogP contribution in [0.15, 0.2) is 58.6 Å². The highest BCUT2D eigenvalue weighted by atomic mass is 32.2. The van der Waals surface area contributed by atoms with Crippen LogP contribution in [0, 0.1) is 6.92 Å². The number of aromatic nitrogens is 2. The summed E-state index contributed by atoms with van der Waals surface area (Å²) in [5, 5.41) is 0.0598. The fourth-order valence-corrected chi connectivity index (χ4v) is 4.02. The fraction of sp³-hybridized carbons (Fsp3) is 0.286. The van der Waals surface area contributed by atoms with Crippen LogP contribution < -0.4 is 4.74 Å². The molecule has 3 aromatic rings. The van der Waals surface area contributed by atoms with Crippen molar-refractivity contribution in [3.8, 4) is 17.1 Å². The molecular weight excluding hydrogens is 360 g/mol. The van der Waals surface area contributed by atoms with Gasteiger partial charge in [0, 0.05) is 0 Å². The summed E-state index contributed by atoms with van der Waals surface area (Å²) in [6.07, 6.45) is 1.35. The van der Waals surface area contributed by atoms with Crippen molar-refractivity contribution in [2.45, 2.75) is 43.0 Å². The Kier molecular flexibility index (Phi) is 4.86. The van der Waals surface area contributed by atoms with E-state index >= 15 is 0 Å². The van der Waals surface area contributed by atoms with Gasteiger partial charge in [-0.3, -0.25) is 0 Å². The van der Waals surface area contributed by atoms with Crippen LogP contribution in [0.2, 0.25) is 0 Å². The van der Waals surface area contributed by atoms with Gasteiger partial charge in [-0.25, -0.2) is 13.4 Å². The minimum Gasteiger partial charge on any atom is -0.496 e. The predicted molar refractivity (Wildman–Crippen MR) is 106 cm³/mol. The Balaban J connectivity index is 1.99. The second-order valence-corrected chi connectivity index (χ2v) is 9.50. The minimum atomic E-state index is -3.68. The maximum atomic E-state index is 13.0. The van der Waals surface area contributed by atoms with Gasteiger partial charge in [0.15, 0.2) is 5.03 Å². The lowest BCUT2D eigenvalue weighted by Gasteiger charge is -2.19. The second kappa shape index (κ2) is 6.85. The van der Waals surface area contributed by atoms with Crippen LogP contribution in [-0.4, -0.2) is 25.5 Å². The molecule has 5 nitrogen and oxygen atoms in total. The van der Waals surface area contributed by atoms with E-state index in [1.807, 2.05) is 37.3 Å². The average Bonchev–Trinajstić information content (AvgIpc) is 3.12. The zero-order valence-corrected chi connectivity index (χ0v) is 17.0. The molecule has 0 bridgehead atoms. The van der Waals surface area contributed by atoms with Crippen LogP contribution in [0.25, 0.3) is 11.4 Å². The largest absolute Gasteiger partial charge is 0.496 e. The number of sulfone groups is 1. The van der Waals surface area contributed by atoms with E-state index in [2.05, 4.69) is 30.7 Å². The molecule has 3 rings (SSSR count). The van der Waals surface area contributed by atoms with E-state index in [0.717, 1.165) is 16.7 Å². The summed E-state index contributed by atoms with van der Waals surface area (Å²) in [5.41, 5.74) is 2.80. The Bertz CT molecular complexity index is 1060. The van der Waals surface area contributed by atoms with E-state index in [0.29, 0.717) is 11.6 Å². The predicted octanol–water partition coefficient (Wildman–Crippen LogP) is 4.52. The Hall–Kier alpha value is -2.60. The van der Waals surface area contributed by atoms with Crippen LogP contribution >= 0.6 is 0 Å². The Labute approximate surface area is 160 Å². The lowest BCUT2D eigenvalue weighted by molar-refractivity contribution is 0.416. The molecule has 0 aliphatic carbocycles. The van der Waals surface area contributed by atoms with Crippen molar-refractivity contribution in [3.05, 3.63) is 59.8 Å². The van der Waals surface area contributed by atoms with Crippen molar-refractivity contribution >= 4 is 9.84 Å². The zero-order chi connectivity index (χ0) is 19.8. The molecule has 6 heteroatoms. The summed E-state index contributed by atoms with van der Waals surface area (Å²) < 4.78 is 31.3. The quantitative estimate of drug-likeness (QED) is 0.718. The van der Waals surface area contributed by atoms with Crippen LogP contribution in [0.5, 0.6) is 5.75 Å². The summed E-state index contributed by atoms with van der Waals surface area (Å²) in [5.74, 6) is 1.09. The van der Waals surface area contributed by atoms with E-state index in [9.17, 15) is 8.42 Å². The van der Waals surface area contributed by atoms with E-state index in [4.69, 9.17) is 4.74 Å². The first-order valence-corrected chi connectivity index (χ1v) is 10.2. The lowest BCUT2D eigenvalue weighted by atomic mass is 9.87. The number of rotatable bonds is 4. The average molecular weight is 385 g/mol. The third-order valence-corrected chi connectivity index (χ3v) is 6.16. The van der Waals surface area contributed by atoms with Crippen molar-refractivity contribution in [2.75, 3.05) is 7.11 Å². The third kappa shape index (κ3) is 3.76. The molecular formula is C21H24N2O3S. The number of aryl methyl sites for hydroxylation is 1. The summed E-state index contributed by atoms with van der Waals surface area (Å²) in [7, 11) is -2.10. The number of nitrogens with one attached hydrogen (secondary N) is 1. The van der Waals surface area contributed by atoms with Gasteiger partial charge in [-0.15, -0.1) is 0 Å². The molecule has 0 radical (unpaired) electrons. The molecule has 2 aromatic carbocycles. The Morgan fingerprint density at radius 1 is 1.04 bits per heavy atom. The molecule has 0 atom stereocenters. The molecule has 0 unspecified atom stereocenters. The maximum Gasteiger partial charge on any atom is 0.223 e. The van der Waals surface area contributed by atoms with Gasteiger partial charge in [0.2, 0.25) is 9.84 Å². The highest BCUT2D eigenvalue weighted by Crippen LogP contribution is 2.31. The number of nitrogens with zero attached hydrogens (tertiary/aromatic N) is 1. The first-order chi connectivity index (χ1) is 12.6. The summed E-state index contributed by atoms with van der Waals surface area (Å²) in [4.78, 5) is 7.44. The molecule has 0 aliphatic heterocycles. The molecule has 0 saturated carbocycles. The van der Waals surface area contributed by atoms with Gasteiger partial charge in [-0.2, -0.15) is 0 Å². The first-order valence-electron chi connectivity index (χ1n) is 8.68. The number of benzene rings is 2. The summed E-state index contributed by atoms with van der Waals surface area (Å²) >= 11 is 0. The molecule has 0 saturated heterocycles. The molecule has 0 spiro atoms. The maximum absolute atomic E-state index is 13.0. The van der Waals surface area contributed by atoms with Crippen molar-refractivity contribution in [1.82, 2.24) is 9.97 Å². The van der Waals surface area contributed by atoms with Crippen LogP contribution in [-0.2, 0) is 15.3 Å². The fourth-order valence-electron chi connectivity index (χ4n) is 2.85. The number of methoxy groups -OCH3 is 1. The Morgan fingerprint density at radius 3 is 2.30 bits per heavy atom. The number of aromatic amines is 1. The van der Waals surface area contributed by atoms with E-state index in [1.165, 1.54) is 6.20 Å². The van der Waals surface area contributed by atoms with Crippen LogP contribution in [0.1, 0.15) is 31.9 Å². The summed E-state index contributed by atoms with van der Waals surface area (Å²) in [6, 6.07) is 12.7. The van der Waals surface area contributed by atoms with Gasteiger partial charge in [-0.1, -0.05) is 44.5 Å². The van der Waals surface area contributed by atoms with Crippen molar-refractivity contribution in [2.24, 2.45) is 0 Å². The first kappa shape index (κ1) is 19.2. The normalized spacial score (nSPS) is 12.2. The molecule has 0 fully saturated rings. The number of ether oxygens (including phenoxy) is 1. The minimum absolute atomic E-state index is 0.0365. The molecule has 142 valence electrons. The molecule has 0 amide bonds. The van der Waals surface area contributed by atoms with Crippen molar-refractivity contribution in [1.29, 1.82) is 0 Å². The molecule has 0 aliphatic rings. The van der Waals surface area contributed by atoms with Gasteiger partial charge >= 0.3 is 0 Å². The molecule has 1 heterocycles. The van der Waals surface area contributed by atoms with Gasteiger partial charge in [0.1, 0.15) is 11.6 Å². The standard InChI is InChI=1S/C21H24N2O3S/c1-14-6-11-18(26-5)17(12-14)20-22-13-19(23-20)27(24,25)16-9-7-15(8-10-16)21(2,3)4/h6-13H,1-5H3,(H,22,23). The van der Waals surface area contributed by atoms with Crippen molar-refractivity contribution < 1.29 is 13.2 Å². The molecule has 27 heavy (non-hydrogen) atoms. The SMILES string of the molecule is COc1ccc(C)cc1-c1ncc(S(=O)(=O)c2ccc(C(C)(C)C)cc2)[nH]1. The van der Waals surface area contributed by atoms with Gasteiger partial charge < -0.3 is 9.72 Å². The van der Waals surface area contributed by atoms with Gasteiger partial charge in [-0.05, 0) is 42.2 Å². The number of hydrogen-bond acceptors (Lipinski definition) is 4. The van der Waals surface area contributed by atoms with E-state index < -0.39 is 9.84 Å². The van der Waals surface area contributed by atoms with E-state index in [-0.39, 0.29) is 15.3 Å². The Morgan fingerprint density at radius 2 is 1.70 bits per heavy atom. The van der Waals surface area contributed by atoms with Gasteiger partial charge in [0.25, 0.3) is 0 Å². The number of hydrogen-bond donors (Lipinski definition) is 1. The summed E-state index contributed by atoms with van der Waals surface area (Å²) in [6.45, 7) is 8.23. The monoisotopic (exact) mass is 384 g/mol. The van der Waals surface area contributed by atoms with Crippen LogP contribution in [0.4, 0.5) is 0 Å².